The van der Waals surface area contributed by atoms with Crippen LogP contribution >= 0.6 is 45.7 Å². The van der Waals surface area contributed by atoms with E-state index in [0.29, 0.717) is 69.4 Å². The van der Waals surface area contributed by atoms with Crippen molar-refractivity contribution in [2.24, 2.45) is 0 Å². The van der Waals surface area contributed by atoms with Crippen LogP contribution in [-0.4, -0.2) is 131 Å². The zero-order valence-corrected chi connectivity index (χ0v) is 31.4. The number of carbonyl (C=O) groups is 4. The number of nitrogens with one attached hydrogen (secondary N) is 3. The van der Waals surface area contributed by atoms with Crippen LogP contribution < -0.4 is 14.2 Å². The van der Waals surface area contributed by atoms with Crippen molar-refractivity contribution >= 4 is 69.5 Å². The van der Waals surface area contributed by atoms with E-state index in [2.05, 4.69) is 14.2 Å². The first kappa shape index (κ1) is 45.7. The molecule has 4 unspecified atom stereocenters. The minimum Gasteiger partial charge on any atom is -0.480 e. The van der Waals surface area contributed by atoms with Gasteiger partial charge >= 0.3 is 11.9 Å². The molecule has 0 aromatic carbocycles. The van der Waals surface area contributed by atoms with E-state index >= 15 is 0 Å². The zero-order valence-electron chi connectivity index (χ0n) is 25.9. The molecule has 0 saturated heterocycles. The molecule has 1 rings (SSSR count). The van der Waals surface area contributed by atoms with Gasteiger partial charge in [0.2, 0.25) is 0 Å². The number of carboxylic acids is 2. The third-order valence-electron chi connectivity index (χ3n) is 6.97. The van der Waals surface area contributed by atoms with Crippen LogP contribution in [0.2, 0.25) is 0 Å². The van der Waals surface area contributed by atoms with Crippen LogP contribution in [0.4, 0.5) is 0 Å². The molecule has 19 heteroatoms. The number of aromatic nitrogens is 1. The third kappa shape index (κ3) is 18.9. The molecule has 1 aromatic heterocycles. The average molecular weight is 935 g/mol. The molecule has 0 spiro atoms. The number of carbonyl (C=O) groups excluding carboxylic acids is 2. The van der Waals surface area contributed by atoms with Gasteiger partial charge in [0.05, 0.1) is 31.1 Å². The summed E-state index contributed by atoms with van der Waals surface area (Å²) in [4.78, 5) is 54.0. The maximum atomic E-state index is 12.3. The fourth-order valence-electron chi connectivity index (χ4n) is 4.47. The number of pyridine rings is 1. The second kappa shape index (κ2) is 26.6. The quantitative estimate of drug-likeness (QED) is 0.0248. The SMILES string of the molecule is O=C(NCCCCC(C(=O)O)N(I)Cc1cccc(CN(CCCNI)C(CCCCNC(=O)C(O)CO)C(=O)O)n1)C(O)CO.[Mn]. The van der Waals surface area contributed by atoms with Crippen molar-refractivity contribution in [3.63, 3.8) is 0 Å². The monoisotopic (exact) mass is 935 g/mol. The summed E-state index contributed by atoms with van der Waals surface area (Å²) in [7, 11) is 0. The first-order valence-corrected chi connectivity index (χ1v) is 17.0. The molecule has 0 aliphatic heterocycles. The summed E-state index contributed by atoms with van der Waals surface area (Å²) < 4.78 is 4.67. The maximum absolute atomic E-state index is 12.3. The Hall–Kier alpha value is -1.27. The smallest absolute Gasteiger partial charge is 0.321 e. The standard InChI is InChI=1S/C28H46I2N6O10.Mn/c29-33-13-6-14-35(21(27(43)44)9-1-3-11-31-25(41)23(39)17-37)15-19-7-5-8-20(34-19)16-36(30)22(28(45)46)10-2-4-12-32-26(42)24(40)18-38;/h5,7-8,21-24,33,37-40H,1-4,6,9-18H2,(H,31,41)(H,32,42)(H,43,44)(H,45,46);. The summed E-state index contributed by atoms with van der Waals surface area (Å²) in [6, 6.07) is 3.73. The summed E-state index contributed by atoms with van der Waals surface area (Å²) in [6.45, 7) is 0.753. The van der Waals surface area contributed by atoms with E-state index in [9.17, 15) is 39.6 Å². The molecule has 0 bridgehead atoms. The van der Waals surface area contributed by atoms with Crippen molar-refractivity contribution in [2.45, 2.75) is 82.3 Å². The van der Waals surface area contributed by atoms with Crippen LogP contribution in [0, 0.1) is 0 Å². The van der Waals surface area contributed by atoms with Crippen LogP contribution in [-0.2, 0) is 49.3 Å². The minimum absolute atomic E-state index is 0. The van der Waals surface area contributed by atoms with E-state index in [0.717, 1.165) is 0 Å². The number of aliphatic hydroxyl groups excluding tert-OH is 4. The van der Waals surface area contributed by atoms with Gasteiger partial charge in [0, 0.05) is 95.5 Å². The first-order valence-electron chi connectivity index (χ1n) is 15.0. The Morgan fingerprint density at radius 3 is 1.72 bits per heavy atom. The maximum Gasteiger partial charge on any atom is 0.321 e. The number of aliphatic carboxylic acids is 2. The number of hydrogen-bond donors (Lipinski definition) is 9. The molecular weight excluding hydrogens is 889 g/mol. The molecule has 269 valence electrons. The fourth-order valence-corrected chi connectivity index (χ4v) is 5.72. The van der Waals surface area contributed by atoms with Gasteiger partial charge in [0.15, 0.2) is 12.2 Å². The molecule has 1 heterocycles. The van der Waals surface area contributed by atoms with Gasteiger partial charge in [-0.3, -0.25) is 32.6 Å². The van der Waals surface area contributed by atoms with Gasteiger partial charge in [-0.1, -0.05) is 6.07 Å². The predicted octanol–water partition coefficient (Wildman–Crippen LogP) is -0.451. The van der Waals surface area contributed by atoms with Crippen molar-refractivity contribution in [1.29, 1.82) is 0 Å². The van der Waals surface area contributed by atoms with Crippen molar-refractivity contribution in [2.75, 3.05) is 39.4 Å². The number of halogens is 2. The van der Waals surface area contributed by atoms with Gasteiger partial charge in [0.1, 0.15) is 12.1 Å². The molecule has 0 fully saturated rings. The summed E-state index contributed by atoms with van der Waals surface area (Å²) in [5.41, 5.74) is 1.25. The van der Waals surface area contributed by atoms with Gasteiger partial charge in [-0.15, -0.1) is 0 Å². The van der Waals surface area contributed by atoms with E-state index in [-0.39, 0.29) is 43.2 Å². The molecule has 0 aliphatic rings. The largest absolute Gasteiger partial charge is 0.480 e. The van der Waals surface area contributed by atoms with Crippen LogP contribution in [0.1, 0.15) is 56.3 Å². The van der Waals surface area contributed by atoms with Gasteiger partial charge in [-0.25, -0.2) is 3.11 Å². The van der Waals surface area contributed by atoms with Gasteiger partial charge < -0.3 is 41.3 Å². The first-order chi connectivity index (χ1) is 21.9. The number of unbranched alkanes of at least 4 members (excludes halogenated alkanes) is 2. The molecule has 0 aliphatic carbocycles. The molecule has 2 amide bonds. The second-order valence-electron chi connectivity index (χ2n) is 10.6. The second-order valence-corrected chi connectivity index (χ2v) is 12.6. The number of carboxylic acid groups (broad SMARTS) is 2. The molecule has 4 atom stereocenters. The number of hydrogen-bond acceptors (Lipinski definition) is 12. The summed E-state index contributed by atoms with van der Waals surface area (Å²) in [5.74, 6) is -3.35. The average Bonchev–Trinajstić information content (AvgIpc) is 3.02. The molecule has 9 N–H and O–H groups in total. The normalized spacial score (nSPS) is 13.8. The van der Waals surface area contributed by atoms with Crippen molar-refractivity contribution < 1.29 is 66.9 Å². The number of rotatable bonds is 26. The van der Waals surface area contributed by atoms with Crippen LogP contribution in [0.3, 0.4) is 0 Å². The molecule has 16 nitrogen and oxygen atoms in total. The van der Waals surface area contributed by atoms with Gasteiger partial charge in [-0.05, 0) is 57.1 Å². The Labute approximate surface area is 312 Å². The van der Waals surface area contributed by atoms with E-state index in [1.807, 2.05) is 50.6 Å². The zero-order chi connectivity index (χ0) is 34.5. The number of amides is 2. The van der Waals surface area contributed by atoms with E-state index in [4.69, 9.17) is 15.2 Å². The molecule has 1 radical (unpaired) electrons. The Morgan fingerprint density at radius 1 is 0.766 bits per heavy atom. The van der Waals surface area contributed by atoms with Crippen molar-refractivity contribution in [3.8, 4) is 0 Å². The molecule has 0 saturated carbocycles. The Balaban J connectivity index is 0.0000212. The van der Waals surface area contributed by atoms with Crippen LogP contribution in [0.25, 0.3) is 0 Å². The topological polar surface area (TPSA) is 245 Å². The summed E-state index contributed by atoms with van der Waals surface area (Å²) in [6.07, 6.45) is 0.298. The van der Waals surface area contributed by atoms with E-state index < -0.39 is 61.3 Å². The molecule has 47 heavy (non-hydrogen) atoms. The van der Waals surface area contributed by atoms with Crippen LogP contribution in [0.5, 0.6) is 0 Å². The van der Waals surface area contributed by atoms with Gasteiger partial charge in [0.25, 0.3) is 11.8 Å². The van der Waals surface area contributed by atoms with E-state index in [1.54, 1.807) is 21.3 Å². The number of nitrogens with zero attached hydrogens (tertiary/aromatic N) is 3. The predicted molar refractivity (Wildman–Crippen MR) is 184 cm³/mol. The van der Waals surface area contributed by atoms with Gasteiger partial charge in [-0.2, -0.15) is 0 Å². The Kier molecular flexibility index (Phi) is 25.9. The van der Waals surface area contributed by atoms with Crippen molar-refractivity contribution in [3.05, 3.63) is 29.6 Å². The Bertz CT molecular complexity index is 1080. The third-order valence-corrected chi connectivity index (χ3v) is 8.52. The van der Waals surface area contributed by atoms with Crippen LogP contribution in [0.15, 0.2) is 18.2 Å². The molecule has 1 aromatic rings. The minimum atomic E-state index is -1.49. The summed E-state index contributed by atoms with van der Waals surface area (Å²) in [5, 5.41) is 61.2. The fraction of sp³-hybridized carbons (Fsp3) is 0.679. The summed E-state index contributed by atoms with van der Waals surface area (Å²) >= 11 is 3.98. The molecular formula is C28H46I2MnN6O10. The van der Waals surface area contributed by atoms with E-state index in [1.165, 1.54) is 0 Å². The number of aliphatic hydroxyl groups is 4. The Morgan fingerprint density at radius 2 is 1.26 bits per heavy atom. The van der Waals surface area contributed by atoms with Crippen molar-refractivity contribution in [1.82, 2.24) is 27.2 Å².